The van der Waals surface area contributed by atoms with Gasteiger partial charge in [-0.2, -0.15) is 4.31 Å². The van der Waals surface area contributed by atoms with Gasteiger partial charge in [0.1, 0.15) is 0 Å². The zero-order valence-electron chi connectivity index (χ0n) is 17.8. The van der Waals surface area contributed by atoms with Crippen LogP contribution in [-0.4, -0.2) is 36.7 Å². The Balaban J connectivity index is 1.43. The van der Waals surface area contributed by atoms with Crippen LogP contribution < -0.4 is 10.9 Å². The Bertz CT molecular complexity index is 1220. The first-order chi connectivity index (χ1) is 14.8. The third-order valence-electron chi connectivity index (χ3n) is 5.74. The Labute approximate surface area is 186 Å². The van der Waals surface area contributed by atoms with Gasteiger partial charge in [-0.05, 0) is 74.1 Å². The number of aromatic nitrogens is 1. The molecule has 1 aromatic heterocycles. The zero-order chi connectivity index (χ0) is 22.2. The molecule has 1 saturated heterocycles. The maximum atomic E-state index is 12.9. The largest absolute Gasteiger partial charge is 0.273 e. The summed E-state index contributed by atoms with van der Waals surface area (Å²) in [5.74, 6) is -0.00226. The number of hydrogen-bond donors (Lipinski definition) is 2. The highest BCUT2D eigenvalue weighted by Crippen LogP contribution is 2.29. The third kappa shape index (κ3) is 4.44. The van der Waals surface area contributed by atoms with Crippen molar-refractivity contribution in [2.24, 2.45) is 5.92 Å². The van der Waals surface area contributed by atoms with Gasteiger partial charge in [-0.1, -0.05) is 24.3 Å². The van der Waals surface area contributed by atoms with Crippen molar-refractivity contribution in [3.8, 4) is 0 Å². The van der Waals surface area contributed by atoms with E-state index in [1.165, 1.54) is 45.5 Å². The lowest BCUT2D eigenvalue weighted by molar-refractivity contribution is 0.0962. The van der Waals surface area contributed by atoms with Crippen molar-refractivity contribution < 1.29 is 13.2 Å². The monoisotopic (exact) mass is 458 g/mol. The van der Waals surface area contributed by atoms with Gasteiger partial charge >= 0.3 is 0 Å². The van der Waals surface area contributed by atoms with Crippen molar-refractivity contribution in [1.82, 2.24) is 14.7 Å². The molecule has 7 nitrogen and oxygen atoms in total. The summed E-state index contributed by atoms with van der Waals surface area (Å²) >= 11 is 1.46. The molecule has 9 heteroatoms. The summed E-state index contributed by atoms with van der Waals surface area (Å²) in [5, 5.41) is 0.593. The van der Waals surface area contributed by atoms with E-state index in [0.717, 1.165) is 28.6 Å². The van der Waals surface area contributed by atoms with Crippen LogP contribution in [0.1, 0.15) is 41.3 Å². The minimum absolute atomic E-state index is 0.211. The summed E-state index contributed by atoms with van der Waals surface area (Å²) in [6, 6.07) is 10.1. The van der Waals surface area contributed by atoms with Crippen LogP contribution in [0.25, 0.3) is 10.2 Å². The quantitative estimate of drug-likeness (QED) is 0.562. The Morgan fingerprint density at radius 3 is 2.61 bits per heavy atom. The lowest BCUT2D eigenvalue weighted by Gasteiger charge is -2.30. The van der Waals surface area contributed by atoms with Crippen molar-refractivity contribution in [3.63, 3.8) is 0 Å². The fourth-order valence-electron chi connectivity index (χ4n) is 3.75. The van der Waals surface area contributed by atoms with Gasteiger partial charge in [0.15, 0.2) is 0 Å². The van der Waals surface area contributed by atoms with Crippen molar-refractivity contribution in [2.45, 2.75) is 38.5 Å². The summed E-state index contributed by atoms with van der Waals surface area (Å²) in [4.78, 5) is 17.3. The van der Waals surface area contributed by atoms with Crippen molar-refractivity contribution in [1.29, 1.82) is 0 Å². The number of carbonyl (C=O) groups excluding carboxylic acids is 1. The number of aryl methyl sites for hydroxylation is 2. The Hall–Kier alpha value is -2.49. The molecular formula is C22H26N4O3S2. The predicted octanol–water partition coefficient (Wildman–Crippen LogP) is 4.09. The van der Waals surface area contributed by atoms with Crippen LogP contribution in [0.4, 0.5) is 5.13 Å². The maximum Gasteiger partial charge on any atom is 0.269 e. The number of sulfonamides is 1. The smallest absolute Gasteiger partial charge is 0.269 e. The van der Waals surface area contributed by atoms with Gasteiger partial charge in [0.05, 0.1) is 15.1 Å². The number of benzene rings is 2. The van der Waals surface area contributed by atoms with Gasteiger partial charge in [0.2, 0.25) is 15.2 Å². The van der Waals surface area contributed by atoms with Gasteiger partial charge in [-0.25, -0.2) is 13.4 Å². The molecule has 0 radical (unpaired) electrons. The fraction of sp³-hybridized carbons (Fsp3) is 0.364. The van der Waals surface area contributed by atoms with Gasteiger partial charge < -0.3 is 0 Å². The summed E-state index contributed by atoms with van der Waals surface area (Å²) in [7, 11) is -3.54. The van der Waals surface area contributed by atoms with E-state index in [1.54, 1.807) is 0 Å². The van der Waals surface area contributed by atoms with Crippen molar-refractivity contribution in [3.05, 3.63) is 53.1 Å². The number of fused-ring (bicyclic) bond motifs is 1. The number of piperidine rings is 1. The molecule has 3 aromatic rings. The van der Waals surface area contributed by atoms with E-state index < -0.39 is 10.0 Å². The standard InChI is InChI=1S/C22H26N4O3S2/c1-14-5-4-12-26(13-14)31(28,29)18-9-7-17(8-10-18)21(27)24-25-22-23-20-16(3)15(2)6-11-19(20)30-22/h6-11,14H,4-5,12-13H2,1-3H3,(H,23,25)(H,24,27)/t14-/m1/s1. The lowest BCUT2D eigenvalue weighted by atomic mass is 10.0. The number of thiazole rings is 1. The van der Waals surface area contributed by atoms with E-state index in [0.29, 0.717) is 29.7 Å². The number of nitrogens with one attached hydrogen (secondary N) is 2. The first-order valence-electron chi connectivity index (χ1n) is 10.3. The summed E-state index contributed by atoms with van der Waals surface area (Å²) < 4.78 is 28.3. The number of hydrazine groups is 1. The highest BCUT2D eigenvalue weighted by Gasteiger charge is 2.28. The first-order valence-corrected chi connectivity index (χ1v) is 12.5. The summed E-state index contributed by atoms with van der Waals surface area (Å²) in [6.45, 7) is 7.21. The third-order valence-corrected chi connectivity index (χ3v) is 8.56. The number of rotatable bonds is 5. The second-order valence-electron chi connectivity index (χ2n) is 8.09. The average molecular weight is 459 g/mol. The van der Waals surface area contributed by atoms with E-state index in [4.69, 9.17) is 0 Å². The predicted molar refractivity (Wildman–Crippen MR) is 124 cm³/mol. The van der Waals surface area contributed by atoms with E-state index in [-0.39, 0.29) is 10.8 Å². The molecular weight excluding hydrogens is 432 g/mol. The molecule has 0 saturated carbocycles. The van der Waals surface area contributed by atoms with Crippen molar-refractivity contribution in [2.75, 3.05) is 18.5 Å². The van der Waals surface area contributed by atoms with Crippen LogP contribution in [0.3, 0.4) is 0 Å². The summed E-state index contributed by atoms with van der Waals surface area (Å²) in [6.07, 6.45) is 1.92. The zero-order valence-corrected chi connectivity index (χ0v) is 19.4. The number of hydrogen-bond acceptors (Lipinski definition) is 6. The molecule has 2 N–H and O–H groups in total. The molecule has 0 bridgehead atoms. The van der Waals surface area contributed by atoms with E-state index in [2.05, 4.69) is 28.8 Å². The number of nitrogens with zero attached hydrogens (tertiary/aromatic N) is 2. The topological polar surface area (TPSA) is 91.4 Å². The van der Waals surface area contributed by atoms with Gasteiger partial charge in [0.25, 0.3) is 5.91 Å². The highest BCUT2D eigenvalue weighted by atomic mass is 32.2. The Morgan fingerprint density at radius 2 is 1.90 bits per heavy atom. The molecule has 1 aliphatic heterocycles. The molecule has 0 unspecified atom stereocenters. The van der Waals surface area contributed by atoms with Crippen LogP contribution in [0.2, 0.25) is 0 Å². The number of amides is 1. The Morgan fingerprint density at radius 1 is 1.16 bits per heavy atom. The second-order valence-corrected chi connectivity index (χ2v) is 11.1. The Kier molecular flexibility index (Phi) is 6.00. The van der Waals surface area contributed by atoms with Crippen molar-refractivity contribution >= 4 is 42.6 Å². The van der Waals surface area contributed by atoms with Crippen LogP contribution in [-0.2, 0) is 10.0 Å². The van der Waals surface area contributed by atoms with Gasteiger partial charge in [-0.3, -0.25) is 15.6 Å². The summed E-state index contributed by atoms with van der Waals surface area (Å²) in [5.41, 5.74) is 9.07. The molecule has 1 fully saturated rings. The molecule has 4 rings (SSSR count). The molecule has 0 aliphatic carbocycles. The molecule has 1 aliphatic rings. The fourth-order valence-corrected chi connectivity index (χ4v) is 6.23. The number of anilines is 1. The van der Waals surface area contributed by atoms with Gasteiger partial charge in [0, 0.05) is 18.7 Å². The molecule has 2 heterocycles. The minimum atomic E-state index is -3.54. The van der Waals surface area contributed by atoms with Crippen LogP contribution in [0.5, 0.6) is 0 Å². The van der Waals surface area contributed by atoms with E-state index in [9.17, 15) is 13.2 Å². The maximum absolute atomic E-state index is 12.9. The molecule has 1 amide bonds. The lowest BCUT2D eigenvalue weighted by Crippen LogP contribution is -2.39. The molecule has 2 aromatic carbocycles. The first kappa shape index (κ1) is 21.7. The van der Waals surface area contributed by atoms with Gasteiger partial charge in [-0.15, -0.1) is 0 Å². The minimum Gasteiger partial charge on any atom is -0.273 e. The molecule has 164 valence electrons. The van der Waals surface area contributed by atoms with Crippen LogP contribution in [0, 0.1) is 19.8 Å². The average Bonchev–Trinajstić information content (AvgIpc) is 3.19. The molecule has 31 heavy (non-hydrogen) atoms. The highest BCUT2D eigenvalue weighted by molar-refractivity contribution is 7.89. The second kappa shape index (κ2) is 8.57. The van der Waals surface area contributed by atoms with Crippen LogP contribution in [0.15, 0.2) is 41.3 Å². The van der Waals surface area contributed by atoms with Crippen LogP contribution >= 0.6 is 11.3 Å². The molecule has 0 spiro atoms. The normalized spacial score (nSPS) is 17.6. The van der Waals surface area contributed by atoms with E-state index >= 15 is 0 Å². The van der Waals surface area contributed by atoms with E-state index in [1.807, 2.05) is 19.9 Å². The molecule has 1 atom stereocenters. The SMILES string of the molecule is Cc1ccc2sc(NNC(=O)c3ccc(S(=O)(=O)N4CCC[C@@H](C)C4)cc3)nc2c1C. The number of carbonyl (C=O) groups is 1.